The highest BCUT2D eigenvalue weighted by molar-refractivity contribution is 5.72. The van der Waals surface area contributed by atoms with Gasteiger partial charge in [0.1, 0.15) is 11.4 Å². The molecule has 3 rings (SSSR count). The molecule has 1 heterocycles. The topological polar surface area (TPSA) is 87.9 Å². The number of nitrogens with zero attached hydrogens (tertiary/aromatic N) is 1. The SMILES string of the molecule is COCC(C)(C)C[C@H]1C[C@@H](c2onc([C@@H](CCC(=O)OC)CC(=O)OC(C)(C)C)c2C2CC2)C1. The lowest BCUT2D eigenvalue weighted by molar-refractivity contribution is -0.155. The van der Waals surface area contributed by atoms with Crippen LogP contribution in [0.2, 0.25) is 0 Å². The smallest absolute Gasteiger partial charge is 0.306 e. The number of hydrogen-bond acceptors (Lipinski definition) is 7. The molecule has 2 saturated carbocycles. The molecule has 0 radical (unpaired) electrons. The first-order chi connectivity index (χ1) is 15.9. The first-order valence-electron chi connectivity index (χ1n) is 12.7. The summed E-state index contributed by atoms with van der Waals surface area (Å²) in [6.45, 7) is 10.9. The van der Waals surface area contributed by atoms with E-state index in [0.29, 0.717) is 24.2 Å². The molecule has 0 amide bonds. The third-order valence-electron chi connectivity index (χ3n) is 6.90. The summed E-state index contributed by atoms with van der Waals surface area (Å²) < 4.78 is 21.8. The number of aromatic nitrogens is 1. The average molecular weight is 478 g/mol. The zero-order chi connectivity index (χ0) is 25.1. The van der Waals surface area contributed by atoms with Crippen LogP contribution in [0.1, 0.15) is 121 Å². The molecule has 0 aliphatic heterocycles. The van der Waals surface area contributed by atoms with E-state index in [4.69, 9.17) is 18.7 Å². The van der Waals surface area contributed by atoms with Crippen LogP contribution in [0, 0.1) is 11.3 Å². The summed E-state index contributed by atoms with van der Waals surface area (Å²) in [4.78, 5) is 24.6. The molecule has 0 bridgehead atoms. The fourth-order valence-electron chi connectivity index (χ4n) is 5.36. The number of esters is 2. The van der Waals surface area contributed by atoms with Gasteiger partial charge in [-0.2, -0.15) is 0 Å². The Morgan fingerprint density at radius 1 is 1.06 bits per heavy atom. The van der Waals surface area contributed by atoms with Crippen molar-refractivity contribution in [2.24, 2.45) is 11.3 Å². The fourth-order valence-corrected chi connectivity index (χ4v) is 5.36. The lowest BCUT2D eigenvalue weighted by Gasteiger charge is -2.39. The summed E-state index contributed by atoms with van der Waals surface area (Å²) in [7, 11) is 3.15. The van der Waals surface area contributed by atoms with Gasteiger partial charge in [0.15, 0.2) is 0 Å². The zero-order valence-electron chi connectivity index (χ0n) is 22.1. The van der Waals surface area contributed by atoms with E-state index >= 15 is 0 Å². The molecule has 7 nitrogen and oxygen atoms in total. The first-order valence-corrected chi connectivity index (χ1v) is 12.7. The molecule has 0 aromatic carbocycles. The summed E-state index contributed by atoms with van der Waals surface area (Å²) >= 11 is 0. The Labute approximate surface area is 204 Å². The largest absolute Gasteiger partial charge is 0.469 e. The van der Waals surface area contributed by atoms with Crippen molar-refractivity contribution in [1.29, 1.82) is 0 Å². The Morgan fingerprint density at radius 3 is 2.29 bits per heavy atom. The molecule has 34 heavy (non-hydrogen) atoms. The second-order valence-electron chi connectivity index (χ2n) is 12.1. The highest BCUT2D eigenvalue weighted by atomic mass is 16.6. The van der Waals surface area contributed by atoms with E-state index in [1.807, 2.05) is 20.8 Å². The number of hydrogen-bond donors (Lipinski definition) is 0. The van der Waals surface area contributed by atoms with Crippen molar-refractivity contribution in [1.82, 2.24) is 5.16 Å². The average Bonchev–Trinajstić information content (AvgIpc) is 3.44. The number of ether oxygens (including phenoxy) is 3. The minimum atomic E-state index is -0.560. The van der Waals surface area contributed by atoms with Crippen molar-refractivity contribution >= 4 is 11.9 Å². The van der Waals surface area contributed by atoms with Crippen LogP contribution in [0.5, 0.6) is 0 Å². The Kier molecular flexibility index (Phi) is 8.48. The molecular weight excluding hydrogens is 434 g/mol. The minimum absolute atomic E-state index is 0.169. The first kappa shape index (κ1) is 26.7. The van der Waals surface area contributed by atoms with E-state index in [0.717, 1.165) is 50.2 Å². The summed E-state index contributed by atoms with van der Waals surface area (Å²) in [6.07, 6.45) is 6.46. The second-order valence-corrected chi connectivity index (χ2v) is 12.1. The van der Waals surface area contributed by atoms with Crippen molar-refractivity contribution in [2.75, 3.05) is 20.8 Å². The van der Waals surface area contributed by atoms with Crippen LogP contribution in [0.25, 0.3) is 0 Å². The molecule has 0 unspecified atom stereocenters. The van der Waals surface area contributed by atoms with Crippen molar-refractivity contribution in [2.45, 2.75) is 109 Å². The molecule has 192 valence electrons. The van der Waals surface area contributed by atoms with E-state index < -0.39 is 5.60 Å². The molecule has 1 aromatic heterocycles. The van der Waals surface area contributed by atoms with Gasteiger partial charge in [-0.05, 0) is 76.5 Å². The number of rotatable bonds is 12. The molecule has 2 aliphatic rings. The summed E-state index contributed by atoms with van der Waals surface area (Å²) in [5.41, 5.74) is 1.65. The maximum Gasteiger partial charge on any atom is 0.306 e. The quantitative estimate of drug-likeness (QED) is 0.348. The maximum atomic E-state index is 12.7. The van der Waals surface area contributed by atoms with E-state index in [9.17, 15) is 9.59 Å². The summed E-state index contributed by atoms with van der Waals surface area (Å²) in [5.74, 6) is 1.70. The fraction of sp³-hybridized carbons (Fsp3) is 0.815. The van der Waals surface area contributed by atoms with Crippen LogP contribution in [0.4, 0.5) is 0 Å². The molecule has 2 fully saturated rings. The lowest BCUT2D eigenvalue weighted by Crippen LogP contribution is -2.30. The molecular formula is C27H43NO6. The van der Waals surface area contributed by atoms with Gasteiger partial charge >= 0.3 is 11.9 Å². The van der Waals surface area contributed by atoms with E-state index in [1.165, 1.54) is 12.7 Å². The molecule has 1 aromatic rings. The lowest BCUT2D eigenvalue weighted by atomic mass is 9.66. The summed E-state index contributed by atoms with van der Waals surface area (Å²) in [5, 5.41) is 4.51. The number of methoxy groups -OCH3 is 2. The molecule has 2 aliphatic carbocycles. The molecule has 0 spiro atoms. The van der Waals surface area contributed by atoms with Crippen LogP contribution in [-0.4, -0.2) is 43.5 Å². The van der Waals surface area contributed by atoms with Crippen LogP contribution in [0.3, 0.4) is 0 Å². The normalized spacial score (nSPS) is 21.6. The van der Waals surface area contributed by atoms with E-state index in [1.54, 1.807) is 7.11 Å². The molecule has 0 N–H and O–H groups in total. The van der Waals surface area contributed by atoms with Crippen LogP contribution < -0.4 is 0 Å². The Bertz CT molecular complexity index is 842. The zero-order valence-corrected chi connectivity index (χ0v) is 22.1. The molecule has 7 heteroatoms. The third kappa shape index (κ3) is 7.30. The van der Waals surface area contributed by atoms with Crippen molar-refractivity contribution in [3.8, 4) is 0 Å². The predicted octanol–water partition coefficient (Wildman–Crippen LogP) is 5.88. The highest BCUT2D eigenvalue weighted by Gasteiger charge is 2.43. The third-order valence-corrected chi connectivity index (χ3v) is 6.90. The van der Waals surface area contributed by atoms with Crippen LogP contribution in [0.15, 0.2) is 4.52 Å². The highest BCUT2D eigenvalue weighted by Crippen LogP contribution is 2.53. The predicted molar refractivity (Wildman–Crippen MR) is 129 cm³/mol. The Morgan fingerprint density at radius 2 is 1.74 bits per heavy atom. The van der Waals surface area contributed by atoms with E-state index in [2.05, 4.69) is 19.0 Å². The van der Waals surface area contributed by atoms with Crippen molar-refractivity contribution < 1.29 is 28.3 Å². The second kappa shape index (κ2) is 10.8. The molecule has 1 atom stereocenters. The number of carbonyl (C=O) groups excluding carboxylic acids is 2. The summed E-state index contributed by atoms with van der Waals surface area (Å²) in [6, 6.07) is 0. The van der Waals surface area contributed by atoms with Gasteiger partial charge in [-0.3, -0.25) is 9.59 Å². The van der Waals surface area contributed by atoms with Crippen LogP contribution in [-0.2, 0) is 23.8 Å². The van der Waals surface area contributed by atoms with Crippen molar-refractivity contribution in [3.05, 3.63) is 17.0 Å². The number of carbonyl (C=O) groups is 2. The van der Waals surface area contributed by atoms with Gasteiger partial charge in [-0.1, -0.05) is 19.0 Å². The standard InChI is InChI=1S/C27H43NO6/c1-26(2,3)33-22(30)14-19(10-11-21(29)32-7)24-23(18-8-9-18)25(34-28-24)20-12-17(13-20)15-27(4,5)16-31-6/h17-20H,8-16H2,1-7H3/t17-,19-,20+/m0/s1. The minimum Gasteiger partial charge on any atom is -0.469 e. The monoisotopic (exact) mass is 477 g/mol. The Balaban J connectivity index is 1.75. The maximum absolute atomic E-state index is 12.7. The Hall–Kier alpha value is -1.89. The van der Waals surface area contributed by atoms with Gasteiger partial charge in [0.2, 0.25) is 0 Å². The van der Waals surface area contributed by atoms with E-state index in [-0.39, 0.29) is 36.1 Å². The van der Waals surface area contributed by atoms with Crippen molar-refractivity contribution in [3.63, 3.8) is 0 Å². The van der Waals surface area contributed by atoms with Gasteiger partial charge in [-0.25, -0.2) is 0 Å². The molecule has 0 saturated heterocycles. The van der Waals surface area contributed by atoms with Gasteiger partial charge in [-0.15, -0.1) is 0 Å². The van der Waals surface area contributed by atoms with Gasteiger partial charge < -0.3 is 18.7 Å². The van der Waals surface area contributed by atoms with Gasteiger partial charge in [0.05, 0.1) is 25.8 Å². The van der Waals surface area contributed by atoms with Crippen LogP contribution >= 0.6 is 0 Å². The van der Waals surface area contributed by atoms with Gasteiger partial charge in [0, 0.05) is 30.9 Å². The van der Waals surface area contributed by atoms with Gasteiger partial charge in [0.25, 0.3) is 0 Å².